The fraction of sp³-hybridized carbons (Fsp3) is 0.167. The number of benzene rings is 2. The molecule has 0 spiro atoms. The van der Waals surface area contributed by atoms with Crippen molar-refractivity contribution in [3.63, 3.8) is 0 Å². The summed E-state index contributed by atoms with van der Waals surface area (Å²) in [5.74, 6) is 1.28. The highest BCUT2D eigenvalue weighted by Crippen LogP contribution is 2.31. The number of hydrogen-bond acceptors (Lipinski definition) is 3. The summed E-state index contributed by atoms with van der Waals surface area (Å²) in [7, 11) is 1.58. The number of nitriles is 1. The van der Waals surface area contributed by atoms with Gasteiger partial charge in [-0.25, -0.2) is 0 Å². The maximum atomic E-state index is 9.42. The summed E-state index contributed by atoms with van der Waals surface area (Å²) in [6.45, 7) is 2.46. The largest absolute Gasteiger partial charge is 0.493 e. The molecule has 0 aliphatic heterocycles. The zero-order chi connectivity index (χ0) is 16.8. The highest BCUT2D eigenvalue weighted by Gasteiger charge is 2.07. The molecule has 0 saturated carbocycles. The molecule has 0 amide bonds. The Balaban J connectivity index is 2.41. The summed E-state index contributed by atoms with van der Waals surface area (Å²) in [4.78, 5) is 0. The first-order valence-corrected chi connectivity index (χ1v) is 7.72. The molecule has 3 nitrogen and oxygen atoms in total. The summed E-state index contributed by atoms with van der Waals surface area (Å²) in [5, 5.41) is 10.3. The summed E-state index contributed by atoms with van der Waals surface area (Å²) in [6.07, 6.45) is 1.76. The number of rotatable bonds is 5. The predicted molar refractivity (Wildman–Crippen MR) is 94.1 cm³/mol. The van der Waals surface area contributed by atoms with E-state index in [0.29, 0.717) is 39.3 Å². The van der Waals surface area contributed by atoms with Crippen molar-refractivity contribution < 1.29 is 9.47 Å². The van der Waals surface area contributed by atoms with Gasteiger partial charge in [-0.2, -0.15) is 5.26 Å². The molecule has 2 rings (SSSR count). The van der Waals surface area contributed by atoms with Crippen molar-refractivity contribution in [2.24, 2.45) is 0 Å². The number of halogens is 2. The lowest BCUT2D eigenvalue weighted by Gasteiger charge is -2.10. The van der Waals surface area contributed by atoms with E-state index in [-0.39, 0.29) is 0 Å². The topological polar surface area (TPSA) is 42.2 Å². The molecule has 0 fully saturated rings. The Morgan fingerprint density at radius 2 is 1.91 bits per heavy atom. The molecule has 0 bridgehead atoms. The Hall–Kier alpha value is -2.15. The van der Waals surface area contributed by atoms with Crippen molar-refractivity contribution in [2.45, 2.75) is 6.92 Å². The van der Waals surface area contributed by atoms with Crippen molar-refractivity contribution in [1.82, 2.24) is 0 Å². The average Bonchev–Trinajstić information content (AvgIpc) is 2.56. The monoisotopic (exact) mass is 347 g/mol. The van der Waals surface area contributed by atoms with E-state index in [1.165, 1.54) is 0 Å². The summed E-state index contributed by atoms with van der Waals surface area (Å²) < 4.78 is 10.8. The van der Waals surface area contributed by atoms with Gasteiger partial charge in [-0.1, -0.05) is 35.3 Å². The van der Waals surface area contributed by atoms with Crippen LogP contribution >= 0.6 is 23.2 Å². The first-order valence-electron chi connectivity index (χ1n) is 6.97. The van der Waals surface area contributed by atoms with Gasteiger partial charge in [0.1, 0.15) is 0 Å². The fourth-order valence-corrected chi connectivity index (χ4v) is 2.36. The van der Waals surface area contributed by atoms with Gasteiger partial charge in [0, 0.05) is 0 Å². The number of nitrogens with zero attached hydrogens (tertiary/aromatic N) is 1. The molecule has 0 radical (unpaired) electrons. The first-order chi connectivity index (χ1) is 11.1. The molecule has 0 aliphatic carbocycles. The van der Waals surface area contributed by atoms with Crippen LogP contribution in [0.4, 0.5) is 0 Å². The molecule has 0 aromatic heterocycles. The van der Waals surface area contributed by atoms with Gasteiger partial charge in [0.05, 0.1) is 35.4 Å². The Bertz CT molecular complexity index is 779. The normalized spacial score (nSPS) is 11.0. The minimum atomic E-state index is 0.412. The van der Waals surface area contributed by atoms with Crippen LogP contribution in [0.3, 0.4) is 0 Å². The second-order valence-corrected chi connectivity index (χ2v) is 5.46. The lowest BCUT2D eigenvalue weighted by atomic mass is 10.0. The van der Waals surface area contributed by atoms with Crippen LogP contribution in [0.25, 0.3) is 11.6 Å². The Morgan fingerprint density at radius 3 is 2.52 bits per heavy atom. The van der Waals surface area contributed by atoms with E-state index >= 15 is 0 Å². The summed E-state index contributed by atoms with van der Waals surface area (Å²) in [5.41, 5.74) is 2.01. The molecule has 0 atom stereocenters. The van der Waals surface area contributed by atoms with Crippen LogP contribution in [0.2, 0.25) is 10.0 Å². The number of hydrogen-bond donors (Lipinski definition) is 0. The molecule has 0 saturated heterocycles. The third kappa shape index (κ3) is 4.19. The third-order valence-corrected chi connectivity index (χ3v) is 3.89. The van der Waals surface area contributed by atoms with Crippen LogP contribution in [-0.2, 0) is 0 Å². The molecule has 0 heterocycles. The molecule has 0 aliphatic rings. The molecule has 0 unspecified atom stereocenters. The van der Waals surface area contributed by atoms with Crippen molar-refractivity contribution >= 4 is 34.9 Å². The highest BCUT2D eigenvalue weighted by atomic mass is 35.5. The second-order valence-electron chi connectivity index (χ2n) is 4.64. The average molecular weight is 348 g/mol. The number of allylic oxidation sites excluding steroid dienone is 1. The lowest BCUT2D eigenvalue weighted by Crippen LogP contribution is -1.95. The predicted octanol–water partition coefficient (Wildman–Crippen LogP) is 5.46. The van der Waals surface area contributed by atoms with Crippen LogP contribution in [0, 0.1) is 11.3 Å². The Morgan fingerprint density at radius 1 is 1.13 bits per heavy atom. The molecule has 118 valence electrons. The zero-order valence-electron chi connectivity index (χ0n) is 12.8. The molecule has 23 heavy (non-hydrogen) atoms. The first kappa shape index (κ1) is 17.2. The van der Waals surface area contributed by atoms with Gasteiger partial charge >= 0.3 is 0 Å². The third-order valence-electron chi connectivity index (χ3n) is 3.15. The molecular weight excluding hydrogens is 333 g/mol. The van der Waals surface area contributed by atoms with Crippen molar-refractivity contribution in [1.29, 1.82) is 5.26 Å². The van der Waals surface area contributed by atoms with Crippen molar-refractivity contribution in [2.75, 3.05) is 13.7 Å². The standard InChI is InChI=1S/C18H15Cl2NO2/c1-3-23-17-7-4-12(9-18(17)22-2)8-14(11-21)13-5-6-15(19)16(20)10-13/h4-10H,3H2,1-2H3/b14-8-. The van der Waals surface area contributed by atoms with E-state index in [9.17, 15) is 5.26 Å². The van der Waals surface area contributed by atoms with Gasteiger partial charge in [0.25, 0.3) is 0 Å². The van der Waals surface area contributed by atoms with Crippen molar-refractivity contribution in [3.8, 4) is 17.6 Å². The lowest BCUT2D eigenvalue weighted by molar-refractivity contribution is 0.311. The van der Waals surface area contributed by atoms with Gasteiger partial charge in [0.15, 0.2) is 11.5 Å². The van der Waals surface area contributed by atoms with Gasteiger partial charge < -0.3 is 9.47 Å². The highest BCUT2D eigenvalue weighted by molar-refractivity contribution is 6.42. The molecular formula is C18H15Cl2NO2. The Labute approximate surface area is 145 Å². The van der Waals surface area contributed by atoms with Crippen LogP contribution in [0.1, 0.15) is 18.1 Å². The Kier molecular flexibility index (Phi) is 5.92. The maximum absolute atomic E-state index is 9.42. The maximum Gasteiger partial charge on any atom is 0.161 e. The van der Waals surface area contributed by atoms with Crippen LogP contribution in [0.15, 0.2) is 36.4 Å². The van der Waals surface area contributed by atoms with E-state index in [2.05, 4.69) is 6.07 Å². The van der Waals surface area contributed by atoms with E-state index in [1.54, 1.807) is 31.4 Å². The SMILES string of the molecule is CCOc1ccc(/C=C(/C#N)c2ccc(Cl)c(Cl)c2)cc1OC. The van der Waals surface area contributed by atoms with E-state index < -0.39 is 0 Å². The molecule has 0 N–H and O–H groups in total. The van der Waals surface area contributed by atoms with Gasteiger partial charge in [-0.05, 0) is 48.4 Å². The summed E-state index contributed by atoms with van der Waals surface area (Å²) in [6, 6.07) is 12.8. The quantitative estimate of drug-likeness (QED) is 0.532. The zero-order valence-corrected chi connectivity index (χ0v) is 14.3. The van der Waals surface area contributed by atoms with E-state index in [4.69, 9.17) is 32.7 Å². The second kappa shape index (κ2) is 7.92. The van der Waals surface area contributed by atoms with Crippen LogP contribution in [0.5, 0.6) is 11.5 Å². The van der Waals surface area contributed by atoms with Gasteiger partial charge in [-0.3, -0.25) is 0 Å². The van der Waals surface area contributed by atoms with Gasteiger partial charge in [0.2, 0.25) is 0 Å². The van der Waals surface area contributed by atoms with E-state index in [1.807, 2.05) is 25.1 Å². The fourth-order valence-electron chi connectivity index (χ4n) is 2.06. The minimum Gasteiger partial charge on any atom is -0.493 e. The van der Waals surface area contributed by atoms with Crippen LogP contribution < -0.4 is 9.47 Å². The summed E-state index contributed by atoms with van der Waals surface area (Å²) >= 11 is 11.9. The molecule has 5 heteroatoms. The molecule has 2 aromatic rings. The minimum absolute atomic E-state index is 0.412. The smallest absolute Gasteiger partial charge is 0.161 e. The number of methoxy groups -OCH3 is 1. The van der Waals surface area contributed by atoms with Crippen LogP contribution in [-0.4, -0.2) is 13.7 Å². The van der Waals surface area contributed by atoms with Crippen molar-refractivity contribution in [3.05, 3.63) is 57.6 Å². The van der Waals surface area contributed by atoms with E-state index in [0.717, 1.165) is 5.56 Å². The van der Waals surface area contributed by atoms with Gasteiger partial charge in [-0.15, -0.1) is 0 Å². The molecule has 2 aromatic carbocycles. The number of ether oxygens (including phenoxy) is 2.